The first-order chi connectivity index (χ1) is 8.84. The first kappa shape index (κ1) is 11.3. The number of aromatic amines is 1. The summed E-state index contributed by atoms with van der Waals surface area (Å²) in [6, 6.07) is 8.14. The molecule has 0 bridgehead atoms. The number of rotatable bonds is 2. The Morgan fingerprint density at radius 1 is 1.11 bits per heavy atom. The third-order valence-electron chi connectivity index (χ3n) is 3.49. The van der Waals surface area contributed by atoms with Gasteiger partial charge in [-0.3, -0.25) is 0 Å². The molecule has 4 nitrogen and oxygen atoms in total. The molecule has 0 radical (unpaired) electrons. The molecule has 1 aromatic heterocycles. The lowest BCUT2D eigenvalue weighted by atomic mass is 9.91. The molecule has 0 atom stereocenters. The van der Waals surface area contributed by atoms with Gasteiger partial charge in [-0.05, 0) is 29.9 Å². The van der Waals surface area contributed by atoms with Crippen LogP contribution in [0.5, 0.6) is 0 Å². The van der Waals surface area contributed by atoms with E-state index in [9.17, 15) is 4.79 Å². The van der Waals surface area contributed by atoms with E-state index >= 15 is 0 Å². The molecular weight excluding hydrogens is 230 g/mol. The summed E-state index contributed by atoms with van der Waals surface area (Å²) in [6.45, 7) is 1.68. The van der Waals surface area contributed by atoms with E-state index in [0.717, 1.165) is 31.6 Å². The molecule has 18 heavy (non-hydrogen) atoms. The summed E-state index contributed by atoms with van der Waals surface area (Å²) < 4.78 is 10.0. The molecule has 0 unspecified atom stereocenters. The van der Waals surface area contributed by atoms with E-state index in [2.05, 4.69) is 21.8 Å². The highest BCUT2D eigenvalue weighted by Crippen LogP contribution is 2.28. The lowest BCUT2D eigenvalue weighted by Gasteiger charge is -2.22. The third kappa shape index (κ3) is 2.11. The minimum absolute atomic E-state index is 0.325. The van der Waals surface area contributed by atoms with Crippen molar-refractivity contribution in [2.24, 2.45) is 0 Å². The maximum absolute atomic E-state index is 11.4. The largest absolute Gasteiger partial charge is 0.381 e. The maximum Gasteiger partial charge on any atom is 0.364 e. The molecule has 0 aliphatic carbocycles. The van der Waals surface area contributed by atoms with Gasteiger partial charge in [0.1, 0.15) is 0 Å². The molecule has 0 amide bonds. The Morgan fingerprint density at radius 2 is 1.83 bits per heavy atom. The number of nitrogens with one attached hydrogen (secondary N) is 1. The lowest BCUT2D eigenvalue weighted by molar-refractivity contribution is 0.0853. The minimum Gasteiger partial charge on any atom is -0.381 e. The van der Waals surface area contributed by atoms with Gasteiger partial charge < -0.3 is 9.26 Å². The summed E-state index contributed by atoms with van der Waals surface area (Å²) in [5.74, 6) is 0.579. The van der Waals surface area contributed by atoms with Crippen molar-refractivity contribution in [3.63, 3.8) is 0 Å². The molecule has 0 saturated carbocycles. The van der Waals surface area contributed by atoms with Crippen LogP contribution in [0.25, 0.3) is 11.1 Å². The fraction of sp³-hybridized carbons (Fsp3) is 0.357. The Labute approximate surface area is 105 Å². The minimum atomic E-state index is -0.325. The first-order valence-electron chi connectivity index (χ1n) is 6.19. The second kappa shape index (κ2) is 4.82. The number of aromatic nitrogens is 1. The SMILES string of the molecule is O=c1o[nH]cc1-c1ccc(C2CCOCC2)cc1. The predicted octanol–water partition coefficient (Wildman–Crippen LogP) is 2.53. The summed E-state index contributed by atoms with van der Waals surface area (Å²) in [4.78, 5) is 11.4. The molecule has 2 heterocycles. The van der Waals surface area contributed by atoms with Crippen LogP contribution < -0.4 is 5.63 Å². The van der Waals surface area contributed by atoms with Crippen molar-refractivity contribution in [1.29, 1.82) is 0 Å². The van der Waals surface area contributed by atoms with E-state index in [4.69, 9.17) is 4.74 Å². The molecule has 94 valence electrons. The average Bonchev–Trinajstić information content (AvgIpc) is 2.86. The summed E-state index contributed by atoms with van der Waals surface area (Å²) in [5.41, 5.74) is 2.46. The fourth-order valence-electron chi connectivity index (χ4n) is 2.42. The van der Waals surface area contributed by atoms with E-state index in [1.165, 1.54) is 5.56 Å². The molecule has 1 N–H and O–H groups in total. The van der Waals surface area contributed by atoms with Crippen molar-refractivity contribution in [1.82, 2.24) is 5.16 Å². The van der Waals surface area contributed by atoms with Crippen molar-refractivity contribution in [3.8, 4) is 11.1 Å². The monoisotopic (exact) mass is 245 g/mol. The van der Waals surface area contributed by atoms with E-state index in [-0.39, 0.29) is 5.63 Å². The van der Waals surface area contributed by atoms with Gasteiger partial charge in [-0.15, -0.1) is 0 Å². The van der Waals surface area contributed by atoms with Crippen molar-refractivity contribution >= 4 is 0 Å². The smallest absolute Gasteiger partial charge is 0.364 e. The molecule has 4 heteroatoms. The second-order valence-corrected chi connectivity index (χ2v) is 4.57. The fourth-order valence-corrected chi connectivity index (χ4v) is 2.42. The zero-order valence-corrected chi connectivity index (χ0v) is 10.0. The number of hydrogen-bond acceptors (Lipinski definition) is 3. The molecule has 3 rings (SSSR count). The summed E-state index contributed by atoms with van der Waals surface area (Å²) >= 11 is 0. The van der Waals surface area contributed by atoms with Gasteiger partial charge in [-0.2, -0.15) is 0 Å². The number of hydrogen-bond donors (Lipinski definition) is 1. The quantitative estimate of drug-likeness (QED) is 0.884. The maximum atomic E-state index is 11.4. The zero-order valence-electron chi connectivity index (χ0n) is 10.0. The number of H-pyrrole nitrogens is 1. The van der Waals surface area contributed by atoms with Gasteiger partial charge in [0.25, 0.3) is 0 Å². The van der Waals surface area contributed by atoms with Crippen molar-refractivity contribution in [2.75, 3.05) is 13.2 Å². The van der Waals surface area contributed by atoms with Crippen LogP contribution in [0.1, 0.15) is 24.3 Å². The Bertz CT molecular complexity index is 561. The van der Waals surface area contributed by atoms with Crippen LogP contribution in [0.15, 0.2) is 39.8 Å². The highest BCUT2D eigenvalue weighted by molar-refractivity contribution is 5.61. The molecule has 1 aromatic carbocycles. The van der Waals surface area contributed by atoms with Gasteiger partial charge in [0.15, 0.2) is 0 Å². The Kier molecular flexibility index (Phi) is 3.02. The normalized spacial score (nSPS) is 16.9. The predicted molar refractivity (Wildman–Crippen MR) is 67.6 cm³/mol. The lowest BCUT2D eigenvalue weighted by Crippen LogP contribution is -2.13. The van der Waals surface area contributed by atoms with Gasteiger partial charge in [-0.25, -0.2) is 9.95 Å². The van der Waals surface area contributed by atoms with Crippen LogP contribution in [0.4, 0.5) is 0 Å². The Hall–Kier alpha value is -1.81. The van der Waals surface area contributed by atoms with Gasteiger partial charge >= 0.3 is 5.63 Å². The van der Waals surface area contributed by atoms with Crippen molar-refractivity contribution < 1.29 is 9.26 Å². The molecule has 1 fully saturated rings. The van der Waals surface area contributed by atoms with Crippen LogP contribution in [-0.2, 0) is 4.74 Å². The molecule has 1 saturated heterocycles. The van der Waals surface area contributed by atoms with Gasteiger partial charge in [0, 0.05) is 13.2 Å². The van der Waals surface area contributed by atoms with Gasteiger partial charge in [-0.1, -0.05) is 24.3 Å². The topological polar surface area (TPSA) is 55.2 Å². The van der Waals surface area contributed by atoms with E-state index in [1.54, 1.807) is 6.20 Å². The van der Waals surface area contributed by atoms with Gasteiger partial charge in [0.2, 0.25) is 0 Å². The molecule has 2 aromatic rings. The van der Waals surface area contributed by atoms with E-state index < -0.39 is 0 Å². The molecule has 1 aliphatic heterocycles. The molecule has 0 spiro atoms. The Balaban J connectivity index is 1.85. The van der Waals surface area contributed by atoms with E-state index in [1.807, 2.05) is 12.1 Å². The van der Waals surface area contributed by atoms with E-state index in [0.29, 0.717) is 11.5 Å². The third-order valence-corrected chi connectivity index (χ3v) is 3.49. The first-order valence-corrected chi connectivity index (χ1v) is 6.19. The summed E-state index contributed by atoms with van der Waals surface area (Å²) in [7, 11) is 0. The van der Waals surface area contributed by atoms with Gasteiger partial charge in [0.05, 0.1) is 11.8 Å². The van der Waals surface area contributed by atoms with Crippen LogP contribution in [0, 0.1) is 0 Å². The average molecular weight is 245 g/mol. The molecular formula is C14H15NO3. The summed E-state index contributed by atoms with van der Waals surface area (Å²) in [5, 5.41) is 2.47. The van der Waals surface area contributed by atoms with Crippen LogP contribution in [0.3, 0.4) is 0 Å². The zero-order chi connectivity index (χ0) is 12.4. The van der Waals surface area contributed by atoms with Crippen LogP contribution in [0.2, 0.25) is 0 Å². The standard InChI is InChI=1S/C14H15NO3/c16-14-13(9-15-18-14)12-3-1-10(2-4-12)11-5-7-17-8-6-11/h1-4,9,11,15H,5-8H2. The van der Waals surface area contributed by atoms with Crippen LogP contribution >= 0.6 is 0 Å². The Morgan fingerprint density at radius 3 is 2.44 bits per heavy atom. The van der Waals surface area contributed by atoms with Crippen molar-refractivity contribution in [3.05, 3.63) is 46.4 Å². The summed E-state index contributed by atoms with van der Waals surface area (Å²) in [6.07, 6.45) is 3.74. The highest BCUT2D eigenvalue weighted by Gasteiger charge is 2.16. The number of benzene rings is 1. The second-order valence-electron chi connectivity index (χ2n) is 4.57. The van der Waals surface area contributed by atoms with Crippen molar-refractivity contribution in [2.45, 2.75) is 18.8 Å². The van der Waals surface area contributed by atoms with Crippen LogP contribution in [-0.4, -0.2) is 18.4 Å². The molecule has 1 aliphatic rings. The number of ether oxygens (including phenoxy) is 1. The highest BCUT2D eigenvalue weighted by atomic mass is 16.5.